The highest BCUT2D eigenvalue weighted by atomic mass is 79.9. The summed E-state index contributed by atoms with van der Waals surface area (Å²) in [5.74, 6) is 0.564. The molecule has 3 aromatic rings. The quantitative estimate of drug-likeness (QED) is 0.373. The van der Waals surface area contributed by atoms with E-state index >= 15 is 0 Å². The van der Waals surface area contributed by atoms with Crippen molar-refractivity contribution in [1.82, 2.24) is 10.3 Å². The number of piperidine rings is 1. The minimum absolute atomic E-state index is 0.00895. The molecule has 1 aliphatic rings. The molecular weight excluding hydrogens is 469 g/mol. The minimum Gasteiger partial charge on any atom is -0.507 e. The van der Waals surface area contributed by atoms with Crippen LogP contribution in [0.2, 0.25) is 0 Å². The number of benzene rings is 2. The predicted octanol–water partition coefficient (Wildman–Crippen LogP) is 6.74. The van der Waals surface area contributed by atoms with Gasteiger partial charge in [-0.25, -0.2) is 9.37 Å². The molecule has 1 fully saturated rings. The molecule has 4 rings (SSSR count). The number of nitrogens with zero attached hydrogens (tertiary/aromatic N) is 1. The molecule has 0 spiro atoms. The number of aromatic nitrogens is 1. The standard InChI is InChI=1S/C26H29BrFN3O/c1-25(2)14-20(15-26(3,4)31-25)29-24-12-17(16-6-5-7-19(28)10-16)11-22(30-24)21-13-18(27)8-9-23(21)32/h5-13,20,31-32H,14-15H2,1-4H3,(H,29,30). The maximum Gasteiger partial charge on any atom is 0.127 e. The third-order valence-electron chi connectivity index (χ3n) is 5.76. The second kappa shape index (κ2) is 8.49. The van der Waals surface area contributed by atoms with Gasteiger partial charge in [-0.15, -0.1) is 0 Å². The van der Waals surface area contributed by atoms with Gasteiger partial charge in [0.2, 0.25) is 0 Å². The number of nitrogens with one attached hydrogen (secondary N) is 2. The van der Waals surface area contributed by atoms with Crippen LogP contribution in [0.1, 0.15) is 40.5 Å². The molecular formula is C26H29BrFN3O. The lowest BCUT2D eigenvalue weighted by Gasteiger charge is -2.46. The van der Waals surface area contributed by atoms with E-state index in [2.05, 4.69) is 54.3 Å². The number of pyridine rings is 1. The molecule has 1 saturated heterocycles. The fraction of sp³-hybridized carbons (Fsp3) is 0.346. The number of halogens is 2. The van der Waals surface area contributed by atoms with Gasteiger partial charge in [0, 0.05) is 27.2 Å². The Balaban J connectivity index is 1.78. The van der Waals surface area contributed by atoms with E-state index in [1.165, 1.54) is 12.1 Å². The lowest BCUT2D eigenvalue weighted by atomic mass is 9.79. The largest absolute Gasteiger partial charge is 0.507 e. The van der Waals surface area contributed by atoms with Crippen molar-refractivity contribution in [2.45, 2.75) is 57.7 Å². The molecule has 2 aromatic carbocycles. The van der Waals surface area contributed by atoms with Gasteiger partial charge in [-0.1, -0.05) is 28.1 Å². The molecule has 32 heavy (non-hydrogen) atoms. The maximum absolute atomic E-state index is 14.0. The smallest absolute Gasteiger partial charge is 0.127 e. The van der Waals surface area contributed by atoms with Crippen LogP contribution in [-0.4, -0.2) is 27.2 Å². The molecule has 3 N–H and O–H groups in total. The van der Waals surface area contributed by atoms with Crippen LogP contribution in [0.15, 0.2) is 59.1 Å². The first-order valence-corrected chi connectivity index (χ1v) is 11.6. The average molecular weight is 498 g/mol. The van der Waals surface area contributed by atoms with E-state index in [4.69, 9.17) is 4.98 Å². The van der Waals surface area contributed by atoms with E-state index < -0.39 is 0 Å². The summed E-state index contributed by atoms with van der Waals surface area (Å²) in [4.78, 5) is 4.84. The normalized spacial score (nSPS) is 17.8. The van der Waals surface area contributed by atoms with Crippen LogP contribution in [0.4, 0.5) is 10.2 Å². The number of hydrogen-bond acceptors (Lipinski definition) is 4. The molecule has 2 heterocycles. The van der Waals surface area contributed by atoms with Gasteiger partial charge in [-0.05, 0) is 94.1 Å². The molecule has 0 unspecified atom stereocenters. The molecule has 0 amide bonds. The number of aromatic hydroxyl groups is 1. The van der Waals surface area contributed by atoms with Gasteiger partial charge in [-0.3, -0.25) is 0 Å². The minimum atomic E-state index is -0.289. The Hall–Kier alpha value is -2.44. The summed E-state index contributed by atoms with van der Waals surface area (Å²) in [6.07, 6.45) is 1.89. The van der Waals surface area contributed by atoms with Crippen molar-refractivity contribution in [2.24, 2.45) is 0 Å². The van der Waals surface area contributed by atoms with E-state index in [1.54, 1.807) is 18.2 Å². The van der Waals surface area contributed by atoms with Crippen molar-refractivity contribution in [2.75, 3.05) is 5.32 Å². The summed E-state index contributed by atoms with van der Waals surface area (Å²) >= 11 is 3.48. The summed E-state index contributed by atoms with van der Waals surface area (Å²) in [6.45, 7) is 8.85. The summed E-state index contributed by atoms with van der Waals surface area (Å²) in [7, 11) is 0. The molecule has 168 valence electrons. The summed E-state index contributed by atoms with van der Waals surface area (Å²) in [5.41, 5.74) is 2.82. The molecule has 0 atom stereocenters. The Labute approximate surface area is 197 Å². The topological polar surface area (TPSA) is 57.2 Å². The highest BCUT2D eigenvalue weighted by Crippen LogP contribution is 2.36. The number of hydrogen-bond donors (Lipinski definition) is 3. The molecule has 0 radical (unpaired) electrons. The Morgan fingerprint density at radius 3 is 2.41 bits per heavy atom. The molecule has 6 heteroatoms. The van der Waals surface area contributed by atoms with Crippen molar-refractivity contribution in [3.63, 3.8) is 0 Å². The number of anilines is 1. The van der Waals surface area contributed by atoms with Crippen LogP contribution in [0.3, 0.4) is 0 Å². The number of phenols is 1. The van der Waals surface area contributed by atoms with Gasteiger partial charge in [0.15, 0.2) is 0 Å². The fourth-order valence-corrected chi connectivity index (χ4v) is 5.29. The molecule has 0 aliphatic carbocycles. The van der Waals surface area contributed by atoms with Gasteiger partial charge < -0.3 is 15.7 Å². The first-order valence-electron chi connectivity index (χ1n) is 10.8. The van der Waals surface area contributed by atoms with Crippen molar-refractivity contribution in [3.8, 4) is 28.1 Å². The zero-order valence-corrected chi connectivity index (χ0v) is 20.4. The summed E-state index contributed by atoms with van der Waals surface area (Å²) < 4.78 is 14.8. The third kappa shape index (κ3) is 5.30. The first kappa shape index (κ1) is 22.7. The highest BCUT2D eigenvalue weighted by Gasteiger charge is 2.37. The van der Waals surface area contributed by atoms with E-state index in [9.17, 15) is 9.50 Å². The van der Waals surface area contributed by atoms with Crippen molar-refractivity contribution in [3.05, 3.63) is 64.9 Å². The van der Waals surface area contributed by atoms with Crippen molar-refractivity contribution >= 4 is 21.7 Å². The zero-order chi connectivity index (χ0) is 23.1. The molecule has 0 bridgehead atoms. The molecule has 1 aliphatic heterocycles. The predicted molar refractivity (Wildman–Crippen MR) is 132 cm³/mol. The van der Waals surface area contributed by atoms with Crippen molar-refractivity contribution in [1.29, 1.82) is 0 Å². The van der Waals surface area contributed by atoms with Crippen LogP contribution in [0.25, 0.3) is 22.4 Å². The Morgan fingerprint density at radius 2 is 1.72 bits per heavy atom. The number of phenolic OH excluding ortho intramolecular Hbond substituents is 1. The summed E-state index contributed by atoms with van der Waals surface area (Å²) in [5, 5.41) is 17.8. The van der Waals surface area contributed by atoms with Crippen LogP contribution < -0.4 is 10.6 Å². The van der Waals surface area contributed by atoms with E-state index in [0.717, 1.165) is 28.4 Å². The lowest BCUT2D eigenvalue weighted by Crippen LogP contribution is -2.60. The average Bonchev–Trinajstić information content (AvgIpc) is 2.67. The van der Waals surface area contributed by atoms with E-state index in [1.807, 2.05) is 24.3 Å². The fourth-order valence-electron chi connectivity index (χ4n) is 4.92. The van der Waals surface area contributed by atoms with Gasteiger partial charge in [0.05, 0.1) is 5.69 Å². The summed E-state index contributed by atoms with van der Waals surface area (Å²) in [6, 6.07) is 15.9. The van der Waals surface area contributed by atoms with Crippen molar-refractivity contribution < 1.29 is 9.50 Å². The first-order chi connectivity index (χ1) is 15.0. The Kier molecular flexibility index (Phi) is 6.03. The zero-order valence-electron chi connectivity index (χ0n) is 18.8. The number of rotatable bonds is 4. The molecule has 0 saturated carbocycles. The SMILES string of the molecule is CC1(C)CC(Nc2cc(-c3cccc(F)c3)cc(-c3cc(Br)ccc3O)n2)CC(C)(C)N1. The lowest BCUT2D eigenvalue weighted by molar-refractivity contribution is 0.170. The second-order valence-electron chi connectivity index (χ2n) is 9.94. The second-order valence-corrected chi connectivity index (χ2v) is 10.9. The highest BCUT2D eigenvalue weighted by molar-refractivity contribution is 9.10. The Morgan fingerprint density at radius 1 is 1.00 bits per heavy atom. The van der Waals surface area contributed by atoms with Crippen LogP contribution in [-0.2, 0) is 0 Å². The maximum atomic E-state index is 14.0. The van der Waals surface area contributed by atoms with Gasteiger partial charge in [0.25, 0.3) is 0 Å². The van der Waals surface area contributed by atoms with Gasteiger partial charge in [-0.2, -0.15) is 0 Å². The van der Waals surface area contributed by atoms with E-state index in [0.29, 0.717) is 17.1 Å². The third-order valence-corrected chi connectivity index (χ3v) is 6.25. The Bertz CT molecular complexity index is 1130. The van der Waals surface area contributed by atoms with E-state index in [-0.39, 0.29) is 28.7 Å². The molecule has 1 aromatic heterocycles. The molecule has 4 nitrogen and oxygen atoms in total. The monoisotopic (exact) mass is 497 g/mol. The van der Waals surface area contributed by atoms with Gasteiger partial charge >= 0.3 is 0 Å². The van der Waals surface area contributed by atoms with Crippen LogP contribution >= 0.6 is 15.9 Å². The van der Waals surface area contributed by atoms with Gasteiger partial charge in [0.1, 0.15) is 17.4 Å². The van der Waals surface area contributed by atoms with Crippen LogP contribution in [0.5, 0.6) is 5.75 Å². The van der Waals surface area contributed by atoms with Crippen LogP contribution in [0, 0.1) is 5.82 Å².